The molecule has 0 spiro atoms. The molecule has 0 radical (unpaired) electrons. The Hall–Kier alpha value is -0.0831. The van der Waals surface area contributed by atoms with Crippen molar-refractivity contribution in [3.63, 3.8) is 0 Å². The number of hydrogen-bond donors (Lipinski definition) is 0. The van der Waals surface area contributed by atoms with Crippen LogP contribution in [-0.4, -0.2) is 22.2 Å². The van der Waals surface area contributed by atoms with Gasteiger partial charge in [0.1, 0.15) is 0 Å². The normalized spacial score (nSPS) is 34.5. The molecular weight excluding hydrogens is 249 g/mol. The Morgan fingerprint density at radius 2 is 1.67 bits per heavy atom. The van der Waals surface area contributed by atoms with Crippen LogP contribution >= 0.6 is 0 Å². The number of alkyl halides is 3. The Balaban J connectivity index is 8.00. The zero-order valence-corrected chi connectivity index (χ0v) is 8.58. The Morgan fingerprint density at radius 1 is 1.27 bits per heavy atom. The highest BCUT2D eigenvalue weighted by Gasteiger charge is 2.51. The molecule has 0 heterocycles. The topological polar surface area (TPSA) is 43.4 Å². The monoisotopic (exact) mass is 279 g/mol. The van der Waals surface area contributed by atoms with Gasteiger partial charge in [0.05, 0.1) is 0 Å². The van der Waals surface area contributed by atoms with Crippen molar-refractivity contribution in [1.82, 2.24) is 0 Å². The fourth-order valence-corrected chi connectivity index (χ4v) is 2.75. The first kappa shape index (κ1) is 3.46. The first-order chi connectivity index (χ1) is 12.5. The molecule has 92 valence electrons. The summed E-state index contributed by atoms with van der Waals surface area (Å²) in [5.41, 5.74) is -6.54. The Bertz CT molecular complexity index is 685. The average Bonchev–Trinajstić information content (AvgIpc) is 2.38. The molecule has 0 unspecified atom stereocenters. The second-order valence-corrected chi connectivity index (χ2v) is 6.19. The molecule has 8 heteroatoms. The second kappa shape index (κ2) is 4.83. The summed E-state index contributed by atoms with van der Waals surface area (Å²) in [5.74, 6) is -14.5. The first-order valence-electron chi connectivity index (χ1n) is 10.5. The van der Waals surface area contributed by atoms with E-state index in [-0.39, 0.29) is 0 Å². The van der Waals surface area contributed by atoms with Crippen molar-refractivity contribution in [2.75, 3.05) is 0 Å². The fourth-order valence-electron chi connectivity index (χ4n) is 0.368. The van der Waals surface area contributed by atoms with Gasteiger partial charge < -0.3 is 3.87 Å². The van der Waals surface area contributed by atoms with Crippen molar-refractivity contribution in [3.8, 4) is 0 Å². The molecule has 0 aromatic heterocycles. The zero-order chi connectivity index (χ0) is 25.2. The van der Waals surface area contributed by atoms with Gasteiger partial charge in [-0.25, -0.2) is 0 Å². The number of hydrogen-bond acceptors (Lipinski definition) is 3. The van der Waals surface area contributed by atoms with E-state index in [0.717, 1.165) is 0 Å². The van der Waals surface area contributed by atoms with Crippen molar-refractivity contribution in [3.05, 3.63) is 0 Å². The van der Waals surface area contributed by atoms with E-state index in [1.165, 1.54) is 0 Å². The average molecular weight is 279 g/mol. The van der Waals surface area contributed by atoms with E-state index in [1.807, 2.05) is 0 Å². The van der Waals surface area contributed by atoms with Gasteiger partial charge in [-0.2, -0.15) is 21.6 Å². The van der Waals surface area contributed by atoms with Gasteiger partial charge in [-0.05, 0) is 18.0 Å². The second-order valence-electron chi connectivity index (χ2n) is 2.04. The smallest absolute Gasteiger partial charge is 0.308 e. The van der Waals surface area contributed by atoms with Crippen molar-refractivity contribution in [2.45, 2.75) is 44.1 Å². The minimum Gasteiger partial charge on any atom is -0.308 e. The summed E-state index contributed by atoms with van der Waals surface area (Å²) in [5, 5.41) is 0. The molecule has 0 N–H and O–H groups in total. The van der Waals surface area contributed by atoms with E-state index in [4.69, 9.17) is 20.6 Å². The standard InChI is InChI=1S/C7H15F3O3SSi/c1-4-15(5-2,6-3)13-14(11,12)7(8,9)10/h4-6H2,1-3H3/i1D3,2D3,3D3,4D2,5D2,6D2. The Kier molecular flexibility index (Phi) is 1.11. The molecule has 0 saturated heterocycles. The summed E-state index contributed by atoms with van der Waals surface area (Å²) in [7, 11) is -14.9. The van der Waals surface area contributed by atoms with E-state index in [2.05, 4.69) is 3.87 Å². The van der Waals surface area contributed by atoms with Crippen molar-refractivity contribution < 1.29 is 46.0 Å². The molecule has 0 atom stereocenters. The SMILES string of the molecule is [2H]C([2H])([2H])C([2H])([2H])[Si](OS(=O)(=O)C(F)(F)F)(C([2H])([2H])C([2H])([2H])[2H])C([2H])([2H])C([2H])([2H])[2H]. The molecular formula is C7H15F3O3SSi. The highest BCUT2D eigenvalue weighted by atomic mass is 32.2. The molecule has 0 aromatic rings. The van der Waals surface area contributed by atoms with Crippen LogP contribution in [0, 0.1) is 0 Å². The summed E-state index contributed by atoms with van der Waals surface area (Å²) < 4.78 is 176. The maximum atomic E-state index is 12.9. The Labute approximate surface area is 110 Å². The molecule has 0 saturated carbocycles. The van der Waals surface area contributed by atoms with Gasteiger partial charge in [-0.1, -0.05) is 20.6 Å². The van der Waals surface area contributed by atoms with Gasteiger partial charge in [0.15, 0.2) is 0 Å². The summed E-state index contributed by atoms with van der Waals surface area (Å²) in [6.07, 6.45) is 0. The largest absolute Gasteiger partial charge is 0.522 e. The molecule has 0 aliphatic carbocycles. The van der Waals surface area contributed by atoms with Crippen LogP contribution in [0.25, 0.3) is 0 Å². The van der Waals surface area contributed by atoms with Crippen LogP contribution in [-0.2, 0) is 14.0 Å². The van der Waals surface area contributed by atoms with E-state index < -0.39 is 62.5 Å². The predicted octanol–water partition coefficient (Wildman–Crippen LogP) is 2.86. The zero-order valence-electron chi connectivity index (χ0n) is 21.8. The van der Waals surface area contributed by atoms with E-state index in [9.17, 15) is 21.6 Å². The van der Waals surface area contributed by atoms with Crippen molar-refractivity contribution in [2.24, 2.45) is 0 Å². The van der Waals surface area contributed by atoms with Crippen LogP contribution in [0.4, 0.5) is 13.2 Å². The number of halogens is 3. The van der Waals surface area contributed by atoms with Crippen molar-refractivity contribution >= 4 is 18.4 Å². The van der Waals surface area contributed by atoms with Crippen molar-refractivity contribution in [1.29, 1.82) is 0 Å². The highest BCUT2D eigenvalue weighted by molar-refractivity contribution is 7.88. The number of rotatable bonds is 5. The lowest BCUT2D eigenvalue weighted by Crippen LogP contribution is -2.42. The molecule has 0 rings (SSSR count). The van der Waals surface area contributed by atoms with Crippen LogP contribution in [0.1, 0.15) is 41.1 Å². The van der Waals surface area contributed by atoms with Crippen LogP contribution < -0.4 is 0 Å². The lowest BCUT2D eigenvalue weighted by molar-refractivity contribution is -0.0504. The highest BCUT2D eigenvalue weighted by Crippen LogP contribution is 2.31. The third-order valence-corrected chi connectivity index (χ3v) is 4.55. The van der Waals surface area contributed by atoms with Gasteiger partial charge in [0.2, 0.25) is 8.32 Å². The van der Waals surface area contributed by atoms with Gasteiger partial charge in [-0.3, -0.25) is 0 Å². The predicted molar refractivity (Wildman–Crippen MR) is 53.3 cm³/mol. The summed E-state index contributed by atoms with van der Waals surface area (Å²) in [6, 6.07) is 0. The molecule has 0 aliphatic heterocycles. The van der Waals surface area contributed by atoms with E-state index in [1.54, 1.807) is 0 Å². The quantitative estimate of drug-likeness (QED) is 0.574. The third kappa shape index (κ3) is 3.46. The minimum absolute atomic E-state index is 3.55. The van der Waals surface area contributed by atoms with E-state index >= 15 is 0 Å². The van der Waals surface area contributed by atoms with Crippen LogP contribution in [0.5, 0.6) is 0 Å². The van der Waals surface area contributed by atoms with Crippen LogP contribution in [0.2, 0.25) is 18.0 Å². The lowest BCUT2D eigenvalue weighted by Gasteiger charge is -2.27. The van der Waals surface area contributed by atoms with Gasteiger partial charge in [-0.15, -0.1) is 0 Å². The fraction of sp³-hybridized carbons (Fsp3) is 1.00. The summed E-state index contributed by atoms with van der Waals surface area (Å²) in [6.45, 7) is -13.3. The van der Waals surface area contributed by atoms with Crippen LogP contribution in [0.15, 0.2) is 0 Å². The van der Waals surface area contributed by atoms with Gasteiger partial charge >= 0.3 is 15.6 Å². The molecule has 0 fully saturated rings. The molecule has 0 amide bonds. The summed E-state index contributed by atoms with van der Waals surface area (Å²) >= 11 is 0. The molecule has 0 bridgehead atoms. The van der Waals surface area contributed by atoms with E-state index in [0.29, 0.717) is 0 Å². The molecule has 15 heavy (non-hydrogen) atoms. The Morgan fingerprint density at radius 3 is 1.93 bits per heavy atom. The lowest BCUT2D eigenvalue weighted by atomic mass is 10.9. The van der Waals surface area contributed by atoms with Gasteiger partial charge in [0.25, 0.3) is 0 Å². The third-order valence-electron chi connectivity index (χ3n) is 1.05. The minimum atomic E-state index is -7.63. The molecule has 0 aliphatic rings. The molecule has 3 nitrogen and oxygen atoms in total. The maximum Gasteiger partial charge on any atom is 0.522 e. The summed E-state index contributed by atoms with van der Waals surface area (Å²) in [4.78, 5) is 0. The maximum absolute atomic E-state index is 12.9. The molecule has 0 aromatic carbocycles. The first-order valence-corrected chi connectivity index (χ1v) is 6.29. The van der Waals surface area contributed by atoms with Gasteiger partial charge in [0, 0.05) is 20.6 Å². The van der Waals surface area contributed by atoms with Crippen LogP contribution in [0.3, 0.4) is 0 Å².